The number of oxime groups is 1. The van der Waals surface area contributed by atoms with E-state index in [1.165, 1.54) is 11.1 Å². The second kappa shape index (κ2) is 9.14. The number of hydrogen-bond acceptors (Lipinski definition) is 5. The van der Waals surface area contributed by atoms with E-state index >= 15 is 0 Å². The summed E-state index contributed by atoms with van der Waals surface area (Å²) >= 11 is 0. The van der Waals surface area contributed by atoms with Crippen molar-refractivity contribution in [1.29, 1.82) is 0 Å². The maximum absolute atomic E-state index is 5.79. The molecule has 5 heteroatoms. The van der Waals surface area contributed by atoms with Gasteiger partial charge in [0.25, 0.3) is 0 Å². The Labute approximate surface area is 172 Å². The summed E-state index contributed by atoms with van der Waals surface area (Å²) in [7, 11) is 0. The van der Waals surface area contributed by atoms with Crippen molar-refractivity contribution in [2.45, 2.75) is 38.8 Å². The fourth-order valence-corrected chi connectivity index (χ4v) is 3.90. The molecule has 5 nitrogen and oxygen atoms in total. The lowest BCUT2D eigenvalue weighted by atomic mass is 9.87. The van der Waals surface area contributed by atoms with Crippen LogP contribution in [-0.2, 0) is 11.3 Å². The van der Waals surface area contributed by atoms with E-state index in [0.29, 0.717) is 12.3 Å². The smallest absolute Gasteiger partial charge is 0.152 e. The van der Waals surface area contributed by atoms with Gasteiger partial charge in [-0.1, -0.05) is 60.6 Å². The van der Waals surface area contributed by atoms with E-state index in [1.54, 1.807) is 12.4 Å². The molecule has 0 radical (unpaired) electrons. The van der Waals surface area contributed by atoms with Crippen LogP contribution in [-0.4, -0.2) is 39.8 Å². The molecule has 0 amide bonds. The zero-order chi connectivity index (χ0) is 20.1. The summed E-state index contributed by atoms with van der Waals surface area (Å²) in [6.45, 7) is 5.98. The van der Waals surface area contributed by atoms with Crippen LogP contribution in [0.4, 0.5) is 0 Å². The van der Waals surface area contributed by atoms with E-state index < -0.39 is 0 Å². The Morgan fingerprint density at radius 1 is 1.17 bits per heavy atom. The minimum absolute atomic E-state index is 0.124. The van der Waals surface area contributed by atoms with E-state index in [4.69, 9.17) is 4.84 Å². The SMILES string of the molecule is C/C(Cc1ncccn1)=N\OC1CN(C(C2=CC(C)CC=C2)c2ccccc2)C1. The van der Waals surface area contributed by atoms with Gasteiger partial charge in [0.15, 0.2) is 6.10 Å². The highest BCUT2D eigenvalue weighted by Gasteiger charge is 2.36. The lowest BCUT2D eigenvalue weighted by Gasteiger charge is -2.44. The third-order valence-corrected chi connectivity index (χ3v) is 5.36. The zero-order valence-corrected chi connectivity index (χ0v) is 17.1. The summed E-state index contributed by atoms with van der Waals surface area (Å²) in [6, 6.07) is 12.8. The second-order valence-corrected chi connectivity index (χ2v) is 7.94. The average molecular weight is 389 g/mol. The summed E-state index contributed by atoms with van der Waals surface area (Å²) < 4.78 is 0. The molecule has 1 aromatic heterocycles. The third kappa shape index (κ3) is 4.98. The molecule has 0 saturated carbocycles. The monoisotopic (exact) mass is 388 g/mol. The van der Waals surface area contributed by atoms with Gasteiger partial charge in [-0.05, 0) is 36.5 Å². The van der Waals surface area contributed by atoms with Crippen molar-refractivity contribution in [3.63, 3.8) is 0 Å². The van der Waals surface area contributed by atoms with Crippen LogP contribution in [0.3, 0.4) is 0 Å². The first kappa shape index (κ1) is 19.5. The fourth-order valence-electron chi connectivity index (χ4n) is 3.90. The molecule has 1 aliphatic carbocycles. The van der Waals surface area contributed by atoms with Crippen LogP contribution in [0.25, 0.3) is 0 Å². The quantitative estimate of drug-likeness (QED) is 0.522. The van der Waals surface area contributed by atoms with Crippen LogP contribution < -0.4 is 0 Å². The Kier molecular flexibility index (Phi) is 6.15. The minimum Gasteiger partial charge on any atom is -0.390 e. The predicted molar refractivity (Wildman–Crippen MR) is 115 cm³/mol. The Balaban J connectivity index is 1.38. The van der Waals surface area contributed by atoms with E-state index in [0.717, 1.165) is 31.0 Å². The summed E-state index contributed by atoms with van der Waals surface area (Å²) in [4.78, 5) is 16.7. The number of allylic oxidation sites excluding steroid dienone is 2. The zero-order valence-electron chi connectivity index (χ0n) is 17.1. The molecule has 150 valence electrons. The van der Waals surface area contributed by atoms with Crippen molar-refractivity contribution in [3.05, 3.63) is 84.0 Å². The fraction of sp³-hybridized carbons (Fsp3) is 0.375. The number of rotatable bonds is 7. The molecule has 2 unspecified atom stereocenters. The predicted octanol–water partition coefficient (Wildman–Crippen LogP) is 4.36. The Morgan fingerprint density at radius 2 is 1.93 bits per heavy atom. The first-order valence-electron chi connectivity index (χ1n) is 10.3. The lowest BCUT2D eigenvalue weighted by Crippen LogP contribution is -2.53. The van der Waals surface area contributed by atoms with Gasteiger partial charge in [-0.25, -0.2) is 9.97 Å². The molecule has 2 aliphatic rings. The Bertz CT molecular complexity index is 886. The van der Waals surface area contributed by atoms with Gasteiger partial charge in [-0.3, -0.25) is 4.90 Å². The summed E-state index contributed by atoms with van der Waals surface area (Å²) in [6.07, 6.45) is 12.3. The topological polar surface area (TPSA) is 50.6 Å². The molecule has 2 heterocycles. The van der Waals surface area contributed by atoms with E-state index in [-0.39, 0.29) is 12.1 Å². The minimum atomic E-state index is 0.124. The highest BCUT2D eigenvalue weighted by Crippen LogP contribution is 2.36. The number of likely N-dealkylation sites (tertiary alicyclic amines) is 1. The molecular weight excluding hydrogens is 360 g/mol. The van der Waals surface area contributed by atoms with E-state index in [2.05, 4.69) is 75.5 Å². The number of aromatic nitrogens is 2. The maximum atomic E-state index is 5.79. The molecule has 0 N–H and O–H groups in total. The standard InChI is InChI=1S/C24H28N4O/c1-18-8-6-11-21(14-18)24(20-9-4-3-5-10-20)28-16-22(17-28)29-27-19(2)15-23-25-12-7-13-26-23/h3-7,9-14,18,22,24H,8,15-17H2,1-2H3/b27-19+. The van der Waals surface area contributed by atoms with E-state index in [9.17, 15) is 0 Å². The third-order valence-electron chi connectivity index (χ3n) is 5.36. The normalized spacial score (nSPS) is 21.4. The maximum Gasteiger partial charge on any atom is 0.152 e. The molecule has 2 atom stereocenters. The van der Waals surface area contributed by atoms with E-state index in [1.807, 2.05) is 13.0 Å². The summed E-state index contributed by atoms with van der Waals surface area (Å²) in [5.74, 6) is 1.35. The van der Waals surface area contributed by atoms with Crippen molar-refractivity contribution in [2.24, 2.45) is 11.1 Å². The molecule has 4 rings (SSSR count). The van der Waals surface area contributed by atoms with Crippen LogP contribution in [0.5, 0.6) is 0 Å². The molecule has 0 spiro atoms. The number of benzene rings is 1. The van der Waals surface area contributed by atoms with Crippen molar-refractivity contribution in [3.8, 4) is 0 Å². The highest BCUT2D eigenvalue weighted by molar-refractivity contribution is 5.82. The van der Waals surface area contributed by atoms with Crippen LogP contribution >= 0.6 is 0 Å². The summed E-state index contributed by atoms with van der Waals surface area (Å²) in [5, 5.41) is 4.31. The van der Waals surface area contributed by atoms with Crippen LogP contribution in [0.2, 0.25) is 0 Å². The van der Waals surface area contributed by atoms with Gasteiger partial charge >= 0.3 is 0 Å². The molecule has 1 aliphatic heterocycles. The van der Waals surface area contributed by atoms with Crippen LogP contribution in [0.1, 0.15) is 37.7 Å². The van der Waals surface area contributed by atoms with Gasteiger partial charge in [0.05, 0.1) is 11.8 Å². The molecule has 1 saturated heterocycles. The van der Waals surface area contributed by atoms with Crippen LogP contribution in [0.15, 0.2) is 77.7 Å². The van der Waals surface area contributed by atoms with Crippen molar-refractivity contribution in [1.82, 2.24) is 14.9 Å². The molecular formula is C24H28N4O. The van der Waals surface area contributed by atoms with Gasteiger partial charge in [-0.2, -0.15) is 0 Å². The molecule has 1 aromatic carbocycles. The van der Waals surface area contributed by atoms with Crippen molar-refractivity contribution in [2.75, 3.05) is 13.1 Å². The molecule has 0 bridgehead atoms. The van der Waals surface area contributed by atoms with Crippen molar-refractivity contribution < 1.29 is 4.84 Å². The van der Waals surface area contributed by atoms with Gasteiger partial charge in [0.2, 0.25) is 0 Å². The molecule has 29 heavy (non-hydrogen) atoms. The first-order valence-corrected chi connectivity index (χ1v) is 10.3. The number of nitrogens with zero attached hydrogens (tertiary/aromatic N) is 4. The lowest BCUT2D eigenvalue weighted by molar-refractivity contribution is -0.0655. The average Bonchev–Trinajstić information content (AvgIpc) is 2.71. The summed E-state index contributed by atoms with van der Waals surface area (Å²) in [5.41, 5.74) is 3.60. The molecule has 1 fully saturated rings. The second-order valence-electron chi connectivity index (χ2n) is 7.94. The van der Waals surface area contributed by atoms with Crippen LogP contribution in [0, 0.1) is 5.92 Å². The van der Waals surface area contributed by atoms with Gasteiger partial charge in [0, 0.05) is 31.9 Å². The van der Waals surface area contributed by atoms with Crippen molar-refractivity contribution >= 4 is 5.71 Å². The first-order chi connectivity index (χ1) is 14.2. The van der Waals surface area contributed by atoms with Gasteiger partial charge in [-0.15, -0.1) is 0 Å². The highest BCUT2D eigenvalue weighted by atomic mass is 16.6. The van der Waals surface area contributed by atoms with Gasteiger partial charge in [0.1, 0.15) is 5.82 Å². The Hall–Kier alpha value is -2.79. The Morgan fingerprint density at radius 3 is 2.66 bits per heavy atom. The molecule has 2 aromatic rings. The van der Waals surface area contributed by atoms with Gasteiger partial charge < -0.3 is 4.84 Å². The number of hydrogen-bond donors (Lipinski definition) is 0. The largest absolute Gasteiger partial charge is 0.390 e.